The van der Waals surface area contributed by atoms with Gasteiger partial charge in [-0.15, -0.1) is 10.2 Å². The number of benzene rings is 3. The molecule has 1 aliphatic rings. The summed E-state index contributed by atoms with van der Waals surface area (Å²) in [5.74, 6) is 0.596. The molecule has 0 saturated heterocycles. The lowest BCUT2D eigenvalue weighted by atomic mass is 10.0. The fourth-order valence-electron chi connectivity index (χ4n) is 3.79. The van der Waals surface area contributed by atoms with Gasteiger partial charge in [0.2, 0.25) is 11.1 Å². The van der Waals surface area contributed by atoms with Crippen LogP contribution >= 0.6 is 23.4 Å². The lowest BCUT2D eigenvalue weighted by molar-refractivity contribution is -0.116. The third-order valence-electron chi connectivity index (χ3n) is 5.59. The van der Waals surface area contributed by atoms with Crippen molar-refractivity contribution in [1.82, 2.24) is 14.9 Å². The normalized spacial score (nSPS) is 17.2. The first-order chi connectivity index (χ1) is 16.1. The minimum atomic E-state index is -0.461. The van der Waals surface area contributed by atoms with E-state index >= 15 is 0 Å². The summed E-state index contributed by atoms with van der Waals surface area (Å²) in [6.45, 7) is 2.11. The number of hydrogen-bond acceptors (Lipinski definition) is 5. The van der Waals surface area contributed by atoms with E-state index in [2.05, 4.69) is 27.9 Å². The van der Waals surface area contributed by atoms with E-state index in [4.69, 9.17) is 11.6 Å². The van der Waals surface area contributed by atoms with Gasteiger partial charge < -0.3 is 10.7 Å². The van der Waals surface area contributed by atoms with Gasteiger partial charge in [-0.05, 0) is 41.8 Å². The van der Waals surface area contributed by atoms with Crippen LogP contribution in [0.3, 0.4) is 0 Å². The van der Waals surface area contributed by atoms with Gasteiger partial charge in [-0.2, -0.15) is 0 Å². The molecule has 8 heteroatoms. The molecule has 0 fully saturated rings. The van der Waals surface area contributed by atoms with Crippen LogP contribution in [-0.4, -0.2) is 26.0 Å². The number of aryl methyl sites for hydroxylation is 1. The van der Waals surface area contributed by atoms with E-state index in [0.29, 0.717) is 16.0 Å². The summed E-state index contributed by atoms with van der Waals surface area (Å²) in [6, 6.07) is 25.0. The van der Waals surface area contributed by atoms with Gasteiger partial charge in [0.1, 0.15) is 5.25 Å². The molecule has 2 heterocycles. The van der Waals surface area contributed by atoms with Crippen LogP contribution in [0.25, 0.3) is 11.4 Å². The average molecular weight is 476 g/mol. The van der Waals surface area contributed by atoms with Crippen LogP contribution in [0, 0.1) is 0 Å². The van der Waals surface area contributed by atoms with Crippen molar-refractivity contribution < 1.29 is 4.79 Å². The molecule has 1 amide bonds. The zero-order valence-electron chi connectivity index (χ0n) is 17.9. The molecule has 0 bridgehead atoms. The van der Waals surface area contributed by atoms with E-state index in [0.717, 1.165) is 23.2 Å². The third kappa shape index (κ3) is 4.47. The van der Waals surface area contributed by atoms with Gasteiger partial charge in [-0.1, -0.05) is 84.9 Å². The van der Waals surface area contributed by atoms with Crippen molar-refractivity contribution in [2.75, 3.05) is 10.7 Å². The summed E-state index contributed by atoms with van der Waals surface area (Å²) in [5.41, 5.74) is 7.37. The second-order valence-corrected chi connectivity index (χ2v) is 9.29. The van der Waals surface area contributed by atoms with E-state index in [1.54, 1.807) is 0 Å². The van der Waals surface area contributed by atoms with E-state index in [1.165, 1.54) is 17.3 Å². The minimum Gasteiger partial charge on any atom is -0.325 e. The molecule has 0 radical (unpaired) electrons. The number of carbonyl (C=O) groups is 1. The maximum absolute atomic E-state index is 13.4. The number of nitrogens with one attached hydrogen (secondary N) is 2. The fraction of sp³-hybridized carbons (Fsp3) is 0.160. The Morgan fingerprint density at radius 1 is 1.03 bits per heavy atom. The van der Waals surface area contributed by atoms with E-state index in [1.807, 2.05) is 83.5 Å². The molecule has 0 saturated carbocycles. The Kier molecular flexibility index (Phi) is 6.07. The highest BCUT2D eigenvalue weighted by molar-refractivity contribution is 8.00. The quantitative estimate of drug-likeness (QED) is 0.395. The molecule has 0 spiro atoms. The Balaban J connectivity index is 1.48. The lowest BCUT2D eigenvalue weighted by Gasteiger charge is -2.33. The molecule has 3 aromatic carbocycles. The molecule has 4 aromatic rings. The first kappa shape index (κ1) is 21.6. The zero-order chi connectivity index (χ0) is 22.8. The smallest absolute Gasteiger partial charge is 0.240 e. The summed E-state index contributed by atoms with van der Waals surface area (Å²) in [7, 11) is 0. The Morgan fingerprint density at radius 3 is 2.45 bits per heavy atom. The van der Waals surface area contributed by atoms with Crippen molar-refractivity contribution in [3.05, 3.63) is 95.0 Å². The highest BCUT2D eigenvalue weighted by Crippen LogP contribution is 2.39. The van der Waals surface area contributed by atoms with Crippen LogP contribution in [0.1, 0.15) is 24.1 Å². The molecule has 33 heavy (non-hydrogen) atoms. The molecular formula is C25H22ClN5OS. The summed E-state index contributed by atoms with van der Waals surface area (Å²) in [4.78, 5) is 13.4. The fourth-order valence-corrected chi connectivity index (χ4v) is 4.99. The summed E-state index contributed by atoms with van der Waals surface area (Å²) in [6.07, 6.45) is 0.953. The molecule has 1 aromatic heterocycles. The standard InChI is InChI=1S/C25H22ClN5OS/c1-2-16-8-14-20(15-9-16)27-24(32)22-21(17-10-12-19(26)13-11-17)30-31-23(28-29-25(31)33-22)18-6-4-3-5-7-18/h3-15,21-22,30H,2H2,1H3,(H,27,32)/t21-,22-/m1/s1. The Hall–Kier alpha value is -3.29. The largest absolute Gasteiger partial charge is 0.325 e. The van der Waals surface area contributed by atoms with Gasteiger partial charge >= 0.3 is 0 Å². The lowest BCUT2D eigenvalue weighted by Crippen LogP contribution is -2.41. The summed E-state index contributed by atoms with van der Waals surface area (Å²) >= 11 is 7.52. The van der Waals surface area contributed by atoms with Gasteiger partial charge in [-0.25, -0.2) is 4.68 Å². The maximum atomic E-state index is 13.4. The number of amides is 1. The molecular weight excluding hydrogens is 454 g/mol. The second-order valence-electron chi connectivity index (χ2n) is 7.74. The van der Waals surface area contributed by atoms with Crippen molar-refractivity contribution in [2.24, 2.45) is 0 Å². The van der Waals surface area contributed by atoms with Gasteiger partial charge in [-0.3, -0.25) is 4.79 Å². The van der Waals surface area contributed by atoms with Crippen LogP contribution < -0.4 is 10.7 Å². The zero-order valence-corrected chi connectivity index (χ0v) is 19.5. The molecule has 5 rings (SSSR count). The molecule has 6 nitrogen and oxygen atoms in total. The number of nitrogens with zero attached hydrogens (tertiary/aromatic N) is 3. The molecule has 0 aliphatic carbocycles. The molecule has 1 aliphatic heterocycles. The molecule has 2 N–H and O–H groups in total. The van der Waals surface area contributed by atoms with E-state index in [9.17, 15) is 4.79 Å². The predicted octanol–water partition coefficient (Wildman–Crippen LogP) is 5.56. The average Bonchev–Trinajstić information content (AvgIpc) is 3.28. The van der Waals surface area contributed by atoms with E-state index < -0.39 is 5.25 Å². The number of rotatable bonds is 5. The second kappa shape index (κ2) is 9.29. The first-order valence-corrected chi connectivity index (χ1v) is 12.0. The van der Waals surface area contributed by atoms with Crippen molar-refractivity contribution in [2.45, 2.75) is 29.8 Å². The highest BCUT2D eigenvalue weighted by Gasteiger charge is 2.38. The van der Waals surface area contributed by atoms with Crippen LogP contribution in [-0.2, 0) is 11.2 Å². The molecule has 166 valence electrons. The van der Waals surface area contributed by atoms with Gasteiger partial charge in [0.05, 0.1) is 6.04 Å². The highest BCUT2D eigenvalue weighted by atomic mass is 35.5. The van der Waals surface area contributed by atoms with Crippen LogP contribution in [0.4, 0.5) is 5.69 Å². The van der Waals surface area contributed by atoms with Crippen molar-refractivity contribution >= 4 is 35.0 Å². The molecule has 2 atom stereocenters. The number of anilines is 1. The Morgan fingerprint density at radius 2 is 1.76 bits per heavy atom. The summed E-state index contributed by atoms with van der Waals surface area (Å²) in [5, 5.41) is 12.6. The number of carbonyl (C=O) groups excluding carboxylic acids is 1. The predicted molar refractivity (Wildman–Crippen MR) is 133 cm³/mol. The van der Waals surface area contributed by atoms with Gasteiger partial charge in [0.25, 0.3) is 0 Å². The first-order valence-electron chi connectivity index (χ1n) is 10.7. The Labute approximate surface area is 201 Å². The summed E-state index contributed by atoms with van der Waals surface area (Å²) < 4.78 is 1.86. The number of aromatic nitrogens is 3. The maximum Gasteiger partial charge on any atom is 0.240 e. The van der Waals surface area contributed by atoms with Crippen LogP contribution in [0.2, 0.25) is 5.02 Å². The van der Waals surface area contributed by atoms with Crippen LogP contribution in [0.15, 0.2) is 84.0 Å². The molecule has 0 unspecified atom stereocenters. The number of fused-ring (bicyclic) bond motifs is 1. The van der Waals surface area contributed by atoms with Gasteiger partial charge in [0, 0.05) is 16.3 Å². The topological polar surface area (TPSA) is 71.8 Å². The van der Waals surface area contributed by atoms with E-state index in [-0.39, 0.29) is 11.9 Å². The van der Waals surface area contributed by atoms with Crippen LogP contribution in [0.5, 0.6) is 0 Å². The monoisotopic (exact) mass is 475 g/mol. The number of halogens is 1. The SMILES string of the molecule is CCc1ccc(NC(=O)[C@@H]2Sc3nnc(-c4ccccc4)n3N[C@@H]2c2ccc(Cl)cc2)cc1. The Bertz CT molecular complexity index is 1260. The number of thioether (sulfide) groups is 1. The van der Waals surface area contributed by atoms with Gasteiger partial charge in [0.15, 0.2) is 5.82 Å². The minimum absolute atomic E-state index is 0.104. The van der Waals surface area contributed by atoms with Crippen molar-refractivity contribution in [3.63, 3.8) is 0 Å². The number of hydrogen-bond donors (Lipinski definition) is 2. The van der Waals surface area contributed by atoms with Crippen molar-refractivity contribution in [1.29, 1.82) is 0 Å². The third-order valence-corrected chi connectivity index (χ3v) is 7.05. The van der Waals surface area contributed by atoms with Crippen molar-refractivity contribution in [3.8, 4) is 11.4 Å².